The number of fused-ring (bicyclic) bond motifs is 1. The van der Waals surface area contributed by atoms with E-state index in [2.05, 4.69) is 20.9 Å². The molecular weight excluding hydrogens is 532 g/mol. The second kappa shape index (κ2) is 16.3. The molecule has 0 radical (unpaired) electrons. The number of unbranched alkanes of at least 4 members (excludes halogenated alkanes) is 1. The topological polar surface area (TPSA) is 230 Å². The average Bonchev–Trinajstić information content (AvgIpc) is 3.32. The van der Waals surface area contributed by atoms with E-state index in [0.29, 0.717) is 19.4 Å². The monoisotopic (exact) mass is 574 g/mol. The Morgan fingerprint density at radius 2 is 1.51 bits per heavy atom. The van der Waals surface area contributed by atoms with Crippen molar-refractivity contribution in [3.63, 3.8) is 0 Å². The molecular formula is C28H42N6O7. The summed E-state index contributed by atoms with van der Waals surface area (Å²) in [5.41, 5.74) is 12.9. The lowest BCUT2D eigenvalue weighted by atomic mass is 10.00. The van der Waals surface area contributed by atoms with E-state index in [9.17, 15) is 29.1 Å². The SMILES string of the molecule is CC(C)C[C@H](NC(=O)[C@H](Cc1c[nH]c2ccccc12)NC(=O)[C@@H](N)CCC(=O)O)C(=O)N[C@@H](CCCCN)C(=O)O. The Morgan fingerprint density at radius 3 is 2.15 bits per heavy atom. The number of carboxylic acid groups (broad SMARTS) is 2. The van der Waals surface area contributed by atoms with Gasteiger partial charge in [-0.05, 0) is 56.2 Å². The molecule has 0 aliphatic carbocycles. The zero-order valence-corrected chi connectivity index (χ0v) is 23.5. The largest absolute Gasteiger partial charge is 0.481 e. The van der Waals surface area contributed by atoms with E-state index in [1.165, 1.54) is 0 Å². The van der Waals surface area contributed by atoms with Crippen LogP contribution in [0.2, 0.25) is 0 Å². The third kappa shape index (κ3) is 10.8. The van der Waals surface area contributed by atoms with Crippen LogP contribution in [0, 0.1) is 5.92 Å². The first-order valence-corrected chi connectivity index (χ1v) is 13.8. The van der Waals surface area contributed by atoms with Gasteiger partial charge in [-0.15, -0.1) is 0 Å². The van der Waals surface area contributed by atoms with Crippen molar-refractivity contribution in [3.05, 3.63) is 36.0 Å². The van der Waals surface area contributed by atoms with Crippen LogP contribution in [0.4, 0.5) is 0 Å². The Bertz CT molecular complexity index is 1200. The van der Waals surface area contributed by atoms with Crippen LogP contribution >= 0.6 is 0 Å². The molecule has 41 heavy (non-hydrogen) atoms. The molecule has 2 aromatic rings. The number of carbonyl (C=O) groups is 5. The lowest BCUT2D eigenvalue weighted by Crippen LogP contribution is -2.57. The van der Waals surface area contributed by atoms with Gasteiger partial charge in [0.15, 0.2) is 0 Å². The smallest absolute Gasteiger partial charge is 0.326 e. The average molecular weight is 575 g/mol. The van der Waals surface area contributed by atoms with Gasteiger partial charge < -0.3 is 42.6 Å². The highest BCUT2D eigenvalue weighted by Gasteiger charge is 2.31. The van der Waals surface area contributed by atoms with Crippen LogP contribution in [-0.4, -0.2) is 75.6 Å². The first-order valence-electron chi connectivity index (χ1n) is 13.8. The highest BCUT2D eigenvalue weighted by Crippen LogP contribution is 2.19. The molecule has 1 heterocycles. The number of H-pyrrole nitrogens is 1. The summed E-state index contributed by atoms with van der Waals surface area (Å²) in [7, 11) is 0. The number of nitrogens with two attached hydrogens (primary N) is 2. The van der Waals surface area contributed by atoms with Crippen molar-refractivity contribution in [1.82, 2.24) is 20.9 Å². The van der Waals surface area contributed by atoms with Crippen molar-refractivity contribution in [1.29, 1.82) is 0 Å². The minimum absolute atomic E-state index is 0.0299. The van der Waals surface area contributed by atoms with Gasteiger partial charge >= 0.3 is 11.9 Å². The summed E-state index contributed by atoms with van der Waals surface area (Å²) in [4.78, 5) is 65.4. The molecule has 0 aliphatic heterocycles. The van der Waals surface area contributed by atoms with Gasteiger partial charge in [0.05, 0.1) is 6.04 Å². The number of nitrogens with one attached hydrogen (secondary N) is 4. The van der Waals surface area contributed by atoms with Crippen LogP contribution in [0.25, 0.3) is 10.9 Å². The summed E-state index contributed by atoms with van der Waals surface area (Å²) in [6.07, 6.45) is 2.86. The number of rotatable bonds is 18. The summed E-state index contributed by atoms with van der Waals surface area (Å²) in [5, 5.41) is 27.2. The summed E-state index contributed by atoms with van der Waals surface area (Å²) >= 11 is 0. The maximum atomic E-state index is 13.6. The van der Waals surface area contributed by atoms with Crippen LogP contribution in [0.5, 0.6) is 0 Å². The van der Waals surface area contributed by atoms with Crippen LogP contribution in [0.1, 0.15) is 57.9 Å². The fourth-order valence-corrected chi connectivity index (χ4v) is 4.42. The molecule has 1 aromatic heterocycles. The van der Waals surface area contributed by atoms with Gasteiger partial charge in [-0.2, -0.15) is 0 Å². The Morgan fingerprint density at radius 1 is 0.878 bits per heavy atom. The fraction of sp³-hybridized carbons (Fsp3) is 0.536. The zero-order valence-electron chi connectivity index (χ0n) is 23.5. The number of carbonyl (C=O) groups excluding carboxylic acids is 3. The summed E-state index contributed by atoms with van der Waals surface area (Å²) < 4.78 is 0. The molecule has 0 bridgehead atoms. The van der Waals surface area contributed by atoms with Gasteiger partial charge in [0.25, 0.3) is 0 Å². The van der Waals surface area contributed by atoms with Gasteiger partial charge in [0.1, 0.15) is 18.1 Å². The van der Waals surface area contributed by atoms with E-state index in [-0.39, 0.29) is 38.0 Å². The molecule has 0 aliphatic rings. The summed E-state index contributed by atoms with van der Waals surface area (Å²) in [5.74, 6) is -4.34. The molecule has 3 amide bonds. The van der Waals surface area contributed by atoms with Crippen LogP contribution in [0.15, 0.2) is 30.5 Å². The molecule has 13 nitrogen and oxygen atoms in total. The fourth-order valence-electron chi connectivity index (χ4n) is 4.42. The summed E-state index contributed by atoms with van der Waals surface area (Å²) in [6.45, 7) is 4.11. The molecule has 10 N–H and O–H groups in total. The Kier molecular flexibility index (Phi) is 13.2. The van der Waals surface area contributed by atoms with Crippen molar-refractivity contribution in [2.45, 2.75) is 83.0 Å². The Balaban J connectivity index is 2.27. The van der Waals surface area contributed by atoms with Gasteiger partial charge in [0, 0.05) is 29.9 Å². The van der Waals surface area contributed by atoms with Crippen molar-refractivity contribution in [2.75, 3.05) is 6.54 Å². The van der Waals surface area contributed by atoms with Crippen molar-refractivity contribution >= 4 is 40.6 Å². The molecule has 226 valence electrons. The third-order valence-electron chi connectivity index (χ3n) is 6.64. The molecule has 2 rings (SSSR count). The van der Waals surface area contributed by atoms with E-state index in [1.807, 2.05) is 38.1 Å². The predicted octanol–water partition coefficient (Wildman–Crippen LogP) is 0.617. The van der Waals surface area contributed by atoms with Gasteiger partial charge in [-0.3, -0.25) is 19.2 Å². The second-order valence-electron chi connectivity index (χ2n) is 10.5. The number of benzene rings is 1. The second-order valence-corrected chi connectivity index (χ2v) is 10.5. The lowest BCUT2D eigenvalue weighted by molar-refractivity contribution is -0.142. The molecule has 13 heteroatoms. The molecule has 0 saturated heterocycles. The highest BCUT2D eigenvalue weighted by atomic mass is 16.4. The van der Waals surface area contributed by atoms with Crippen LogP contribution < -0.4 is 27.4 Å². The zero-order chi connectivity index (χ0) is 30.5. The van der Waals surface area contributed by atoms with Crippen LogP contribution in [-0.2, 0) is 30.4 Å². The molecule has 0 spiro atoms. The lowest BCUT2D eigenvalue weighted by Gasteiger charge is -2.26. The number of amides is 3. The number of aromatic nitrogens is 1. The van der Waals surface area contributed by atoms with E-state index in [0.717, 1.165) is 16.5 Å². The van der Waals surface area contributed by atoms with E-state index >= 15 is 0 Å². The molecule has 1 aromatic carbocycles. The third-order valence-corrected chi connectivity index (χ3v) is 6.64. The number of carboxylic acids is 2. The Labute approximate surface area is 238 Å². The minimum Gasteiger partial charge on any atom is -0.481 e. The molecule has 0 unspecified atom stereocenters. The van der Waals surface area contributed by atoms with Gasteiger partial charge in [-0.25, -0.2) is 4.79 Å². The standard InChI is InChI=1S/C28H42N6O7/c1-16(2)13-22(26(38)32-21(28(40)41)9-5-6-12-29)34-27(39)23(33-25(37)19(30)10-11-24(35)36)14-17-15-31-20-8-4-3-7-18(17)20/h3-4,7-8,15-16,19,21-23,31H,5-6,9-14,29-30H2,1-2H3,(H,32,38)(H,33,37)(H,34,39)(H,35,36)(H,40,41)/t19-,21-,22-,23-/m0/s1. The van der Waals surface area contributed by atoms with E-state index < -0.39 is 53.8 Å². The minimum atomic E-state index is -1.19. The number of aromatic amines is 1. The highest BCUT2D eigenvalue weighted by molar-refractivity contribution is 5.95. The summed E-state index contributed by atoms with van der Waals surface area (Å²) in [6, 6.07) is 2.89. The molecule has 4 atom stereocenters. The molecule has 0 fully saturated rings. The first kappa shape index (κ1) is 33.2. The van der Waals surface area contributed by atoms with Crippen molar-refractivity contribution < 1.29 is 34.2 Å². The Hall–Kier alpha value is -3.97. The quantitative estimate of drug-likeness (QED) is 0.116. The van der Waals surface area contributed by atoms with E-state index in [1.54, 1.807) is 6.20 Å². The van der Waals surface area contributed by atoms with Crippen LogP contribution in [0.3, 0.4) is 0 Å². The number of hydrogen-bond donors (Lipinski definition) is 8. The number of hydrogen-bond acceptors (Lipinski definition) is 7. The van der Waals surface area contributed by atoms with Gasteiger partial charge in [-0.1, -0.05) is 32.0 Å². The predicted molar refractivity (Wildman–Crippen MR) is 153 cm³/mol. The first-order chi connectivity index (χ1) is 19.4. The maximum Gasteiger partial charge on any atom is 0.326 e. The number of para-hydroxylation sites is 1. The van der Waals surface area contributed by atoms with Crippen molar-refractivity contribution in [2.24, 2.45) is 17.4 Å². The normalized spacial score (nSPS) is 14.2. The van der Waals surface area contributed by atoms with Crippen molar-refractivity contribution in [3.8, 4) is 0 Å². The molecule has 0 saturated carbocycles. The number of aliphatic carboxylic acids is 2. The van der Waals surface area contributed by atoms with Gasteiger partial charge in [0.2, 0.25) is 17.7 Å². The maximum absolute atomic E-state index is 13.6. The van der Waals surface area contributed by atoms with E-state index in [4.69, 9.17) is 16.6 Å².